The molecule has 1 atom stereocenters. The number of carbonyl (C=O) groups is 2. The number of amidine groups is 1. The maximum atomic E-state index is 13.4. The van der Waals surface area contributed by atoms with E-state index in [2.05, 4.69) is 10.3 Å². The first-order valence-corrected chi connectivity index (χ1v) is 12.8. The van der Waals surface area contributed by atoms with Gasteiger partial charge in [0.15, 0.2) is 5.17 Å². The van der Waals surface area contributed by atoms with Gasteiger partial charge in [0, 0.05) is 24.7 Å². The van der Waals surface area contributed by atoms with Crippen molar-refractivity contribution in [2.24, 2.45) is 4.99 Å². The van der Waals surface area contributed by atoms with Crippen LogP contribution < -0.4 is 14.8 Å². The summed E-state index contributed by atoms with van der Waals surface area (Å²) in [6.45, 7) is 2.79. The highest BCUT2D eigenvalue weighted by Crippen LogP contribution is 2.30. The fraction of sp³-hybridized carbons (Fsp3) is 0.250. The number of hydrogen-bond acceptors (Lipinski definition) is 6. The Morgan fingerprint density at radius 1 is 1.11 bits per heavy atom. The highest BCUT2D eigenvalue weighted by molar-refractivity contribution is 8.15. The van der Waals surface area contributed by atoms with Gasteiger partial charge in [-0.2, -0.15) is 0 Å². The molecule has 4 rings (SSSR count). The van der Waals surface area contributed by atoms with Crippen LogP contribution in [0.15, 0.2) is 77.8 Å². The third-order valence-corrected chi connectivity index (χ3v) is 6.87. The van der Waals surface area contributed by atoms with E-state index in [4.69, 9.17) is 9.47 Å². The SMILES string of the molecule is CCOc1cccc(NC(=O)C2CC(=O)N(CCc3ccc(OC)cc3)C(=Nc3ccc(F)cc3)S2)c1. The van der Waals surface area contributed by atoms with Crippen LogP contribution in [0.2, 0.25) is 0 Å². The number of thioether (sulfide) groups is 1. The fourth-order valence-corrected chi connectivity index (χ4v) is 4.90. The maximum absolute atomic E-state index is 13.4. The van der Waals surface area contributed by atoms with Crippen molar-refractivity contribution in [3.8, 4) is 11.5 Å². The summed E-state index contributed by atoms with van der Waals surface area (Å²) >= 11 is 1.22. The number of anilines is 1. The summed E-state index contributed by atoms with van der Waals surface area (Å²) in [7, 11) is 1.61. The van der Waals surface area contributed by atoms with Gasteiger partial charge in [-0.15, -0.1) is 0 Å². The normalized spacial score (nSPS) is 16.5. The number of rotatable bonds is 9. The van der Waals surface area contributed by atoms with Gasteiger partial charge >= 0.3 is 0 Å². The number of amides is 2. The molecule has 1 N–H and O–H groups in total. The van der Waals surface area contributed by atoms with Crippen LogP contribution in [-0.4, -0.2) is 47.4 Å². The predicted molar refractivity (Wildman–Crippen MR) is 144 cm³/mol. The minimum Gasteiger partial charge on any atom is -0.497 e. The highest BCUT2D eigenvalue weighted by atomic mass is 32.2. The molecule has 0 aliphatic carbocycles. The largest absolute Gasteiger partial charge is 0.497 e. The van der Waals surface area contributed by atoms with Crippen LogP contribution in [0.4, 0.5) is 15.8 Å². The molecule has 1 aliphatic rings. The zero-order valence-electron chi connectivity index (χ0n) is 20.6. The van der Waals surface area contributed by atoms with E-state index in [1.165, 1.54) is 36.0 Å². The first-order chi connectivity index (χ1) is 17.9. The van der Waals surface area contributed by atoms with Crippen molar-refractivity contribution >= 4 is 40.1 Å². The molecular weight excluding hydrogens is 493 g/mol. The van der Waals surface area contributed by atoms with E-state index in [9.17, 15) is 14.0 Å². The van der Waals surface area contributed by atoms with Gasteiger partial charge in [-0.25, -0.2) is 9.38 Å². The molecule has 3 aromatic rings. The second-order valence-electron chi connectivity index (χ2n) is 8.27. The van der Waals surface area contributed by atoms with E-state index in [0.29, 0.717) is 41.9 Å². The Labute approximate surface area is 219 Å². The molecular formula is C28H28FN3O4S. The van der Waals surface area contributed by atoms with E-state index in [1.807, 2.05) is 37.3 Å². The van der Waals surface area contributed by atoms with Gasteiger partial charge in [0.25, 0.3) is 0 Å². The van der Waals surface area contributed by atoms with Crippen molar-refractivity contribution in [2.45, 2.75) is 25.0 Å². The van der Waals surface area contributed by atoms with Crippen LogP contribution >= 0.6 is 11.8 Å². The number of methoxy groups -OCH3 is 1. The number of hydrogen-bond donors (Lipinski definition) is 1. The molecule has 0 saturated carbocycles. The van der Waals surface area contributed by atoms with Gasteiger partial charge < -0.3 is 14.8 Å². The summed E-state index contributed by atoms with van der Waals surface area (Å²) in [6.07, 6.45) is 0.631. The second kappa shape index (κ2) is 12.4. The van der Waals surface area contributed by atoms with E-state index >= 15 is 0 Å². The third-order valence-electron chi connectivity index (χ3n) is 5.68. The molecule has 1 saturated heterocycles. The van der Waals surface area contributed by atoms with Crippen molar-refractivity contribution in [1.29, 1.82) is 0 Å². The van der Waals surface area contributed by atoms with E-state index in [1.54, 1.807) is 30.2 Å². The summed E-state index contributed by atoms with van der Waals surface area (Å²) in [5.74, 6) is 0.535. The second-order valence-corrected chi connectivity index (χ2v) is 9.44. The van der Waals surface area contributed by atoms with Crippen molar-refractivity contribution in [1.82, 2.24) is 4.90 Å². The zero-order chi connectivity index (χ0) is 26.2. The maximum Gasteiger partial charge on any atom is 0.238 e. The van der Waals surface area contributed by atoms with Gasteiger partial charge in [0.05, 0.1) is 19.4 Å². The van der Waals surface area contributed by atoms with Gasteiger partial charge in [0.1, 0.15) is 22.6 Å². The van der Waals surface area contributed by atoms with Crippen molar-refractivity contribution in [3.63, 3.8) is 0 Å². The van der Waals surface area contributed by atoms with E-state index in [0.717, 1.165) is 11.3 Å². The quantitative estimate of drug-likeness (QED) is 0.406. The molecule has 192 valence electrons. The number of halogens is 1. The minimum absolute atomic E-state index is 0.0344. The Kier molecular flexibility index (Phi) is 8.79. The summed E-state index contributed by atoms with van der Waals surface area (Å²) in [5, 5.41) is 2.61. The van der Waals surface area contributed by atoms with Crippen LogP contribution in [0, 0.1) is 5.82 Å². The molecule has 1 unspecified atom stereocenters. The van der Waals surface area contributed by atoms with Crippen molar-refractivity contribution < 1.29 is 23.5 Å². The third kappa shape index (κ3) is 7.10. The first kappa shape index (κ1) is 26.2. The van der Waals surface area contributed by atoms with Crippen LogP contribution in [0.5, 0.6) is 11.5 Å². The lowest BCUT2D eigenvalue weighted by molar-refractivity contribution is -0.129. The van der Waals surface area contributed by atoms with E-state index in [-0.39, 0.29) is 24.1 Å². The van der Waals surface area contributed by atoms with Crippen LogP contribution in [0.25, 0.3) is 0 Å². The molecule has 1 heterocycles. The lowest BCUT2D eigenvalue weighted by Crippen LogP contribution is -2.46. The van der Waals surface area contributed by atoms with E-state index < -0.39 is 5.25 Å². The Hall–Kier alpha value is -3.85. The summed E-state index contributed by atoms with van der Waals surface area (Å²) in [6, 6.07) is 20.5. The van der Waals surface area contributed by atoms with Gasteiger partial charge in [0.2, 0.25) is 11.8 Å². The topological polar surface area (TPSA) is 80.2 Å². The molecule has 0 aromatic heterocycles. The Morgan fingerprint density at radius 3 is 2.57 bits per heavy atom. The molecule has 1 aliphatic heterocycles. The smallest absolute Gasteiger partial charge is 0.238 e. The molecule has 7 nitrogen and oxygen atoms in total. The minimum atomic E-state index is -0.667. The fourth-order valence-electron chi connectivity index (χ4n) is 3.77. The predicted octanol–water partition coefficient (Wildman–Crippen LogP) is 5.44. The summed E-state index contributed by atoms with van der Waals surface area (Å²) < 4.78 is 24.1. The number of benzene rings is 3. The van der Waals surface area contributed by atoms with Crippen LogP contribution in [-0.2, 0) is 16.0 Å². The number of nitrogens with one attached hydrogen (secondary N) is 1. The van der Waals surface area contributed by atoms with Crippen molar-refractivity contribution in [2.75, 3.05) is 25.6 Å². The molecule has 3 aromatic carbocycles. The molecule has 37 heavy (non-hydrogen) atoms. The number of ether oxygens (including phenoxy) is 2. The Bertz CT molecular complexity index is 1270. The molecule has 2 amide bonds. The lowest BCUT2D eigenvalue weighted by atomic mass is 10.1. The molecule has 0 spiro atoms. The van der Waals surface area contributed by atoms with Gasteiger partial charge in [-0.05, 0) is 67.4 Å². The molecule has 9 heteroatoms. The van der Waals surface area contributed by atoms with Gasteiger partial charge in [-0.3, -0.25) is 14.5 Å². The molecule has 1 fully saturated rings. The standard InChI is InChI=1S/C28H28FN3O4S/c1-3-36-24-6-4-5-22(17-24)30-27(34)25-18-26(33)32(16-15-19-7-13-23(35-2)14-8-19)28(37-25)31-21-11-9-20(29)10-12-21/h4-14,17,25H,3,15-16,18H2,1-2H3,(H,30,34). The lowest BCUT2D eigenvalue weighted by Gasteiger charge is -2.32. The average Bonchev–Trinajstić information content (AvgIpc) is 2.90. The molecule has 0 bridgehead atoms. The van der Waals surface area contributed by atoms with Gasteiger partial charge in [-0.1, -0.05) is 30.0 Å². The number of aliphatic imine (C=N–C) groups is 1. The zero-order valence-corrected chi connectivity index (χ0v) is 21.5. The van der Waals surface area contributed by atoms with Crippen molar-refractivity contribution in [3.05, 3.63) is 84.2 Å². The molecule has 0 radical (unpaired) electrons. The average molecular weight is 522 g/mol. The Balaban J connectivity index is 1.52. The first-order valence-electron chi connectivity index (χ1n) is 11.9. The highest BCUT2D eigenvalue weighted by Gasteiger charge is 2.35. The number of nitrogens with zero attached hydrogens (tertiary/aromatic N) is 2. The summed E-state index contributed by atoms with van der Waals surface area (Å²) in [5.41, 5.74) is 2.12. The number of carbonyl (C=O) groups excluding carboxylic acids is 2. The monoisotopic (exact) mass is 521 g/mol. The van der Waals surface area contributed by atoms with Crippen LogP contribution in [0.3, 0.4) is 0 Å². The van der Waals surface area contributed by atoms with Crippen LogP contribution in [0.1, 0.15) is 18.9 Å². The summed E-state index contributed by atoms with van der Waals surface area (Å²) in [4.78, 5) is 32.5. The Morgan fingerprint density at radius 2 is 1.86 bits per heavy atom.